The van der Waals surface area contributed by atoms with Gasteiger partial charge < -0.3 is 14.9 Å². The maximum Gasteiger partial charge on any atom is 0.408 e. The van der Waals surface area contributed by atoms with Crippen LogP contribution in [-0.2, 0) is 9.53 Å². The highest BCUT2D eigenvalue weighted by Crippen LogP contribution is 2.59. The molecule has 3 atom stereocenters. The van der Waals surface area contributed by atoms with Gasteiger partial charge in [0.2, 0.25) is 0 Å². The first-order valence-corrected chi connectivity index (χ1v) is 6.58. The summed E-state index contributed by atoms with van der Waals surface area (Å²) in [5.74, 6) is -1.03. The quantitative estimate of drug-likeness (QED) is 0.745. The van der Waals surface area contributed by atoms with E-state index in [0.29, 0.717) is 19.6 Å². The number of hydrogen-bond donors (Lipinski definition) is 2. The van der Waals surface area contributed by atoms with Gasteiger partial charge in [-0.2, -0.15) is 0 Å². The van der Waals surface area contributed by atoms with Crippen molar-refractivity contribution in [1.29, 1.82) is 0 Å². The van der Waals surface area contributed by atoms with E-state index in [1.807, 2.05) is 0 Å². The van der Waals surface area contributed by atoms with Gasteiger partial charge in [0.05, 0.1) is 13.2 Å². The summed E-state index contributed by atoms with van der Waals surface area (Å²) in [5.41, 5.74) is -0.140. The molecule has 2 aliphatic heterocycles. The highest BCUT2D eigenvalue weighted by Gasteiger charge is 2.67. The molecule has 106 valence electrons. The fourth-order valence-electron chi connectivity index (χ4n) is 3.55. The lowest BCUT2D eigenvalue weighted by Crippen LogP contribution is -2.42. The average Bonchev–Trinajstić information content (AvgIpc) is 2.94. The predicted molar refractivity (Wildman–Crippen MR) is 64.0 cm³/mol. The number of hydrogen-bond acceptors (Lipinski definition) is 4. The second-order valence-electron chi connectivity index (χ2n) is 5.72. The highest BCUT2D eigenvalue weighted by molar-refractivity contribution is 5.81. The molecular formula is C12H18N2O5. The lowest BCUT2D eigenvalue weighted by atomic mass is 9.98. The highest BCUT2D eigenvalue weighted by atomic mass is 16.5. The molecule has 19 heavy (non-hydrogen) atoms. The number of carboxylic acid groups (broad SMARTS) is 2. The van der Waals surface area contributed by atoms with Gasteiger partial charge in [-0.05, 0) is 12.8 Å². The van der Waals surface area contributed by atoms with E-state index in [1.54, 1.807) is 0 Å². The molecule has 1 aliphatic carbocycles. The van der Waals surface area contributed by atoms with Crippen LogP contribution in [0.5, 0.6) is 0 Å². The van der Waals surface area contributed by atoms with Crippen LogP contribution in [0, 0.1) is 5.41 Å². The van der Waals surface area contributed by atoms with Crippen LogP contribution in [-0.4, -0.2) is 77.0 Å². The molecule has 0 spiro atoms. The molecule has 7 heteroatoms. The summed E-state index contributed by atoms with van der Waals surface area (Å²) in [6, 6.07) is -0.994. The number of rotatable bonds is 3. The molecule has 3 rings (SSSR count). The van der Waals surface area contributed by atoms with Crippen molar-refractivity contribution in [2.75, 3.05) is 32.8 Å². The third-order valence-electron chi connectivity index (χ3n) is 4.57. The van der Waals surface area contributed by atoms with E-state index in [-0.39, 0.29) is 11.5 Å². The van der Waals surface area contributed by atoms with Crippen LogP contribution in [0.2, 0.25) is 0 Å². The Labute approximate surface area is 110 Å². The monoisotopic (exact) mass is 270 g/mol. The molecule has 0 aromatic rings. The molecule has 0 bridgehead atoms. The predicted octanol–water partition coefficient (Wildman–Crippen LogP) is -0.0858. The lowest BCUT2D eigenvalue weighted by Gasteiger charge is -2.29. The smallest absolute Gasteiger partial charge is 0.408 e. The van der Waals surface area contributed by atoms with Crippen molar-refractivity contribution in [2.45, 2.75) is 24.9 Å². The number of carbonyl (C=O) groups is 2. The van der Waals surface area contributed by atoms with Crippen molar-refractivity contribution in [3.8, 4) is 0 Å². The van der Waals surface area contributed by atoms with Crippen molar-refractivity contribution < 1.29 is 24.5 Å². The minimum absolute atomic E-state index is 0.117. The number of aliphatic carboxylic acids is 1. The maximum atomic E-state index is 11.2. The molecule has 7 nitrogen and oxygen atoms in total. The normalized spacial score (nSPS) is 38.0. The van der Waals surface area contributed by atoms with Crippen LogP contribution >= 0.6 is 0 Å². The van der Waals surface area contributed by atoms with Crippen molar-refractivity contribution in [3.63, 3.8) is 0 Å². The number of amides is 1. The van der Waals surface area contributed by atoms with E-state index >= 15 is 0 Å². The number of nitrogens with zero attached hydrogens (tertiary/aromatic N) is 2. The third kappa shape index (κ3) is 2.06. The summed E-state index contributed by atoms with van der Waals surface area (Å²) in [5, 5.41) is 18.3. The molecule has 0 aromatic heterocycles. The van der Waals surface area contributed by atoms with E-state index in [9.17, 15) is 14.7 Å². The Kier molecular flexibility index (Phi) is 2.90. The van der Waals surface area contributed by atoms with E-state index in [0.717, 1.165) is 31.0 Å². The largest absolute Gasteiger partial charge is 0.480 e. The first-order valence-electron chi connectivity index (χ1n) is 6.58. The van der Waals surface area contributed by atoms with E-state index in [2.05, 4.69) is 4.90 Å². The Morgan fingerprint density at radius 3 is 2.42 bits per heavy atom. The fourth-order valence-corrected chi connectivity index (χ4v) is 3.55. The topological polar surface area (TPSA) is 90.3 Å². The summed E-state index contributed by atoms with van der Waals surface area (Å²) in [6.07, 6.45) is 0.121. The molecule has 2 N–H and O–H groups in total. The number of carboxylic acids is 1. The summed E-state index contributed by atoms with van der Waals surface area (Å²) in [7, 11) is 0. The van der Waals surface area contributed by atoms with Gasteiger partial charge in [-0.3, -0.25) is 9.80 Å². The van der Waals surface area contributed by atoms with Gasteiger partial charge in [-0.25, -0.2) is 9.59 Å². The Morgan fingerprint density at radius 2 is 1.89 bits per heavy atom. The molecule has 1 saturated carbocycles. The van der Waals surface area contributed by atoms with Gasteiger partial charge in [0, 0.05) is 31.1 Å². The fraction of sp³-hybridized carbons (Fsp3) is 0.833. The summed E-state index contributed by atoms with van der Waals surface area (Å²) < 4.78 is 5.29. The van der Waals surface area contributed by atoms with Crippen molar-refractivity contribution in [1.82, 2.24) is 9.80 Å². The molecule has 2 saturated heterocycles. The molecule has 0 unspecified atom stereocenters. The lowest BCUT2D eigenvalue weighted by molar-refractivity contribution is -0.142. The second-order valence-corrected chi connectivity index (χ2v) is 5.72. The molecular weight excluding hydrogens is 252 g/mol. The third-order valence-corrected chi connectivity index (χ3v) is 4.57. The molecule has 2 heterocycles. The van der Waals surface area contributed by atoms with Crippen LogP contribution in [0.25, 0.3) is 0 Å². The first-order chi connectivity index (χ1) is 9.03. The Morgan fingerprint density at radius 1 is 1.21 bits per heavy atom. The first kappa shape index (κ1) is 12.7. The summed E-state index contributed by atoms with van der Waals surface area (Å²) in [6.45, 7) is 3.88. The SMILES string of the molecule is O=C(O)[C@@H]1C[C@]2(CN3CCOCC3)C[C@@H]2N1C(=O)O. The van der Waals surface area contributed by atoms with Gasteiger partial charge in [0.25, 0.3) is 0 Å². The van der Waals surface area contributed by atoms with Crippen LogP contribution in [0.3, 0.4) is 0 Å². The molecule has 3 fully saturated rings. The number of likely N-dealkylation sites (tertiary alicyclic amines) is 1. The zero-order valence-electron chi connectivity index (χ0n) is 10.6. The van der Waals surface area contributed by atoms with Crippen LogP contribution in [0.15, 0.2) is 0 Å². The maximum absolute atomic E-state index is 11.2. The van der Waals surface area contributed by atoms with Gasteiger partial charge in [-0.15, -0.1) is 0 Å². The Balaban J connectivity index is 1.70. The van der Waals surface area contributed by atoms with Crippen LogP contribution in [0.4, 0.5) is 4.79 Å². The van der Waals surface area contributed by atoms with Crippen LogP contribution in [0.1, 0.15) is 12.8 Å². The number of morpholine rings is 1. The summed E-state index contributed by atoms with van der Waals surface area (Å²) >= 11 is 0. The average molecular weight is 270 g/mol. The zero-order valence-corrected chi connectivity index (χ0v) is 10.6. The Hall–Kier alpha value is -1.34. The number of fused-ring (bicyclic) bond motifs is 1. The van der Waals surface area contributed by atoms with E-state index < -0.39 is 18.1 Å². The van der Waals surface area contributed by atoms with Crippen molar-refractivity contribution >= 4 is 12.1 Å². The molecule has 0 radical (unpaired) electrons. The van der Waals surface area contributed by atoms with Gasteiger partial charge in [0.15, 0.2) is 0 Å². The second kappa shape index (κ2) is 4.35. The molecule has 3 aliphatic rings. The van der Waals surface area contributed by atoms with E-state index in [1.165, 1.54) is 0 Å². The number of piperidine rings is 1. The van der Waals surface area contributed by atoms with Gasteiger partial charge in [0.1, 0.15) is 6.04 Å². The number of ether oxygens (including phenoxy) is 1. The minimum Gasteiger partial charge on any atom is -0.480 e. The van der Waals surface area contributed by atoms with Gasteiger partial charge >= 0.3 is 12.1 Å². The molecule has 0 aromatic carbocycles. The van der Waals surface area contributed by atoms with E-state index in [4.69, 9.17) is 9.84 Å². The van der Waals surface area contributed by atoms with Crippen molar-refractivity contribution in [3.05, 3.63) is 0 Å². The van der Waals surface area contributed by atoms with Gasteiger partial charge in [-0.1, -0.05) is 0 Å². The van der Waals surface area contributed by atoms with Crippen molar-refractivity contribution in [2.24, 2.45) is 5.41 Å². The van der Waals surface area contributed by atoms with Crippen LogP contribution < -0.4 is 0 Å². The standard InChI is InChI=1S/C12H18N2O5/c15-10(16)8-5-12(6-9(12)14(8)11(17)18)7-13-1-3-19-4-2-13/h8-9H,1-7H2,(H,15,16)(H,17,18)/t8-,9-,12+/m0/s1. The molecule has 1 amide bonds. The minimum atomic E-state index is -1.11. The summed E-state index contributed by atoms with van der Waals surface area (Å²) in [4.78, 5) is 25.8. The zero-order chi connectivity index (χ0) is 13.6. The Bertz CT molecular complexity index is 409.